The summed E-state index contributed by atoms with van der Waals surface area (Å²) in [6.45, 7) is 0. The molecular formula is H6ErLaSiSn. The van der Waals surface area contributed by atoms with Gasteiger partial charge in [0.25, 0.3) is 0 Å². The fourth-order valence-corrected chi connectivity index (χ4v) is 0. The number of hydrogen-bond donors (Lipinski definition) is 0. The predicted molar refractivity (Wildman–Crippen MR) is 19.9 cm³/mol. The molecule has 0 aliphatic rings. The van der Waals surface area contributed by atoms with Crippen LogP contribution >= 0.6 is 0 Å². The van der Waals surface area contributed by atoms with Gasteiger partial charge < -0.3 is 0 Å². The van der Waals surface area contributed by atoms with E-state index in [0.717, 1.165) is 0 Å². The van der Waals surface area contributed by atoms with Gasteiger partial charge in [-0.05, 0) is 11.0 Å². The van der Waals surface area contributed by atoms with E-state index >= 15 is 0 Å². The molecular weight excluding hydrogens is 453 g/mol. The number of rotatable bonds is 0. The molecule has 0 heterocycles. The fraction of sp³-hybridized carbons (Fsp3) is 0. The van der Waals surface area contributed by atoms with Crippen LogP contribution in [0.1, 0.15) is 0 Å². The molecule has 0 aliphatic heterocycles. The van der Waals surface area contributed by atoms with Crippen LogP contribution in [-0.2, 0) is 0 Å². The van der Waals surface area contributed by atoms with Gasteiger partial charge in [0.05, 0.1) is 0 Å². The summed E-state index contributed by atoms with van der Waals surface area (Å²) in [5.41, 5.74) is 0. The fourth-order valence-electron chi connectivity index (χ4n) is 0. The summed E-state index contributed by atoms with van der Waals surface area (Å²) in [6, 6.07) is 0. The Kier molecular flexibility index (Phi) is 105. The summed E-state index contributed by atoms with van der Waals surface area (Å²) >= 11 is 0. The summed E-state index contributed by atoms with van der Waals surface area (Å²) in [5, 5.41) is 0. The van der Waals surface area contributed by atoms with Gasteiger partial charge in [-0.3, -0.25) is 0 Å². The molecule has 0 aromatic rings. The first kappa shape index (κ1) is 26.0. The molecule has 0 amide bonds. The molecule has 0 saturated carbocycles. The van der Waals surface area contributed by atoms with E-state index in [-0.39, 0.29) is 108 Å². The minimum atomic E-state index is 0. The normalized spacial score (nSPS) is 0. The Morgan fingerprint density at radius 2 is 1.00 bits per heavy atom. The Labute approximate surface area is 105 Å². The van der Waals surface area contributed by atoms with Crippen LogP contribution in [0.25, 0.3) is 0 Å². The van der Waals surface area contributed by atoms with Crippen molar-refractivity contribution in [1.29, 1.82) is 0 Å². The van der Waals surface area contributed by atoms with Crippen molar-refractivity contribution >= 4 is 34.9 Å². The SMILES string of the molecule is [Er].[La].[SiH4].[SnH2]. The zero-order chi connectivity index (χ0) is 0. The molecule has 0 aromatic carbocycles. The van der Waals surface area contributed by atoms with E-state index in [1.165, 1.54) is 0 Å². The minimum absolute atomic E-state index is 0. The van der Waals surface area contributed by atoms with E-state index in [9.17, 15) is 0 Å². The van der Waals surface area contributed by atoms with Gasteiger partial charge >= 0.3 is 23.9 Å². The van der Waals surface area contributed by atoms with Crippen LogP contribution in [0, 0.1) is 72.9 Å². The molecule has 0 nitrogen and oxygen atoms in total. The first-order valence-electron chi connectivity index (χ1n) is 0. The van der Waals surface area contributed by atoms with Crippen LogP contribution in [0.5, 0.6) is 0 Å². The zero-order valence-corrected chi connectivity index (χ0v) is 11.1. The van der Waals surface area contributed by atoms with Crippen molar-refractivity contribution in [2.75, 3.05) is 0 Å². The van der Waals surface area contributed by atoms with E-state index in [4.69, 9.17) is 0 Å². The first-order chi connectivity index (χ1) is 0. The van der Waals surface area contributed by atoms with Gasteiger partial charge in [-0.1, -0.05) is 0 Å². The van der Waals surface area contributed by atoms with Crippen molar-refractivity contribution in [3.05, 3.63) is 0 Å². The van der Waals surface area contributed by atoms with Crippen LogP contribution in [0.4, 0.5) is 0 Å². The maximum absolute atomic E-state index is 0. The molecule has 0 saturated heterocycles. The Bertz CT molecular complexity index is 8.00. The Morgan fingerprint density at radius 3 is 1.00 bits per heavy atom. The van der Waals surface area contributed by atoms with E-state index in [0.29, 0.717) is 0 Å². The molecule has 0 atom stereocenters. The van der Waals surface area contributed by atoms with E-state index in [1.807, 2.05) is 0 Å². The van der Waals surface area contributed by atoms with E-state index in [1.54, 1.807) is 0 Å². The molecule has 3 radical (unpaired) electrons. The second-order valence-corrected chi connectivity index (χ2v) is 0. The molecule has 0 N–H and O–H groups in total. The number of hydrogen-bond acceptors (Lipinski definition) is 0. The molecule has 0 aliphatic carbocycles. The molecule has 0 aromatic heterocycles. The van der Waals surface area contributed by atoms with Crippen LogP contribution in [0.3, 0.4) is 0 Å². The van der Waals surface area contributed by atoms with Crippen molar-refractivity contribution in [2.45, 2.75) is 0 Å². The topological polar surface area (TPSA) is 0 Å². The molecule has 0 bridgehead atoms. The molecule has 4 heteroatoms. The first-order valence-corrected chi connectivity index (χ1v) is 0. The quantitative estimate of drug-likeness (QED) is 0.356. The van der Waals surface area contributed by atoms with Crippen molar-refractivity contribution in [2.24, 2.45) is 0 Å². The summed E-state index contributed by atoms with van der Waals surface area (Å²) in [4.78, 5) is 0. The maximum atomic E-state index is 0. The van der Waals surface area contributed by atoms with Crippen molar-refractivity contribution in [3.63, 3.8) is 0 Å². The summed E-state index contributed by atoms with van der Waals surface area (Å²) in [5.74, 6) is 0. The summed E-state index contributed by atoms with van der Waals surface area (Å²) < 4.78 is 0. The van der Waals surface area contributed by atoms with Crippen LogP contribution in [0.15, 0.2) is 0 Å². The van der Waals surface area contributed by atoms with Gasteiger partial charge in [0.2, 0.25) is 0 Å². The van der Waals surface area contributed by atoms with Crippen LogP contribution < -0.4 is 0 Å². The van der Waals surface area contributed by atoms with Crippen molar-refractivity contribution < 1.29 is 72.9 Å². The average Bonchev–Trinajstić information content (AvgIpc) is 0. The second-order valence-electron chi connectivity index (χ2n) is 0. The molecule has 0 spiro atoms. The zero-order valence-electron chi connectivity index (χ0n) is 1.57. The monoisotopic (exact) mass is 459 g/mol. The molecule has 0 rings (SSSR count). The molecule has 0 unspecified atom stereocenters. The standard InChI is InChI=1S/Er.La.H4Si.Sn.2H/h;;1H4;;;. The van der Waals surface area contributed by atoms with Gasteiger partial charge in [-0.2, -0.15) is 0 Å². The van der Waals surface area contributed by atoms with Gasteiger partial charge in [0, 0.05) is 72.9 Å². The van der Waals surface area contributed by atoms with Crippen molar-refractivity contribution in [1.82, 2.24) is 0 Å². The third-order valence-electron chi connectivity index (χ3n) is 0. The van der Waals surface area contributed by atoms with Gasteiger partial charge in [-0.25, -0.2) is 0 Å². The van der Waals surface area contributed by atoms with Gasteiger partial charge in [0.15, 0.2) is 0 Å². The molecule has 0 fully saturated rings. The van der Waals surface area contributed by atoms with Gasteiger partial charge in [0.1, 0.15) is 0 Å². The molecule has 4 heavy (non-hydrogen) atoms. The summed E-state index contributed by atoms with van der Waals surface area (Å²) in [7, 11) is 0. The third-order valence-corrected chi connectivity index (χ3v) is 0. The van der Waals surface area contributed by atoms with Crippen molar-refractivity contribution in [3.8, 4) is 0 Å². The second kappa shape index (κ2) is 16.1. The van der Waals surface area contributed by atoms with E-state index < -0.39 is 0 Å². The third kappa shape index (κ3) is 9.07. The summed E-state index contributed by atoms with van der Waals surface area (Å²) in [6.07, 6.45) is 0. The Morgan fingerprint density at radius 1 is 1.00 bits per heavy atom. The average molecular weight is 459 g/mol. The Hall–Kier alpha value is 3.46. The van der Waals surface area contributed by atoms with E-state index in [2.05, 4.69) is 0 Å². The predicted octanol–water partition coefficient (Wildman–Crippen LogP) is -2.37. The van der Waals surface area contributed by atoms with Gasteiger partial charge in [-0.15, -0.1) is 0 Å². The molecule has 29 valence electrons. The van der Waals surface area contributed by atoms with Crippen LogP contribution in [0.2, 0.25) is 0 Å². The Balaban J connectivity index is 0. The van der Waals surface area contributed by atoms with Crippen LogP contribution in [-0.4, -0.2) is 34.9 Å².